The number of carbonyl (C=O) groups excluding carboxylic acids is 2. The molecule has 1 unspecified atom stereocenters. The summed E-state index contributed by atoms with van der Waals surface area (Å²) in [5.41, 5.74) is 3.28. The smallest absolute Gasteiger partial charge is 0.338 e. The number of hydrogen-bond acceptors (Lipinski definition) is 4. The van der Waals surface area contributed by atoms with Gasteiger partial charge in [0.2, 0.25) is 5.91 Å². The van der Waals surface area contributed by atoms with Crippen molar-refractivity contribution in [1.82, 2.24) is 16.1 Å². The van der Waals surface area contributed by atoms with E-state index in [4.69, 9.17) is 5.21 Å². The van der Waals surface area contributed by atoms with Gasteiger partial charge in [0.05, 0.1) is 12.3 Å². The summed E-state index contributed by atoms with van der Waals surface area (Å²) in [6, 6.07) is 17.2. The predicted molar refractivity (Wildman–Crippen MR) is 106 cm³/mol. The van der Waals surface area contributed by atoms with E-state index in [2.05, 4.69) is 10.6 Å². The zero-order valence-electron chi connectivity index (χ0n) is 15.9. The summed E-state index contributed by atoms with van der Waals surface area (Å²) in [6.07, 6.45) is 0.508. The Morgan fingerprint density at radius 1 is 0.862 bits per heavy atom. The summed E-state index contributed by atoms with van der Waals surface area (Å²) in [6.45, 7) is -0.0156. The van der Waals surface area contributed by atoms with Crippen LogP contribution in [0, 0.1) is 5.92 Å². The SMILES string of the molecule is O=C(O)CC(Cc1ccccc1)NC(=O)[C@@H](CNC(=O)NO)Cc1ccccc1. The van der Waals surface area contributed by atoms with Gasteiger partial charge >= 0.3 is 12.0 Å². The molecule has 5 N–H and O–H groups in total. The molecule has 8 nitrogen and oxygen atoms in total. The molecule has 0 spiro atoms. The van der Waals surface area contributed by atoms with Crippen LogP contribution in [0.1, 0.15) is 17.5 Å². The van der Waals surface area contributed by atoms with Crippen LogP contribution in [0.5, 0.6) is 0 Å². The van der Waals surface area contributed by atoms with Crippen LogP contribution in [-0.2, 0) is 22.4 Å². The number of nitrogens with one attached hydrogen (secondary N) is 3. The third-order valence-corrected chi connectivity index (χ3v) is 4.40. The van der Waals surface area contributed by atoms with Crippen molar-refractivity contribution < 1.29 is 24.7 Å². The lowest BCUT2D eigenvalue weighted by Gasteiger charge is -2.22. The van der Waals surface area contributed by atoms with Crippen molar-refractivity contribution in [3.05, 3.63) is 71.8 Å². The lowest BCUT2D eigenvalue weighted by molar-refractivity contribution is -0.137. The third kappa shape index (κ3) is 8.02. The average molecular weight is 399 g/mol. The Kier molecular flexibility index (Phi) is 8.65. The summed E-state index contributed by atoms with van der Waals surface area (Å²) in [5, 5.41) is 23.1. The standard InChI is InChI=1S/C21H25N3O5/c25-19(26)13-18(12-16-9-5-2-6-10-16)23-20(27)17(14-22-21(28)24-29)11-15-7-3-1-4-8-15/h1-10,17-18,29H,11-14H2,(H,23,27)(H,25,26)(H2,22,24,28)/t17-,18?/m1/s1. The second kappa shape index (κ2) is 11.5. The molecule has 0 bridgehead atoms. The number of benzene rings is 2. The van der Waals surface area contributed by atoms with Crippen LogP contribution in [0.4, 0.5) is 4.79 Å². The van der Waals surface area contributed by atoms with Crippen molar-refractivity contribution in [3.8, 4) is 0 Å². The first-order valence-corrected chi connectivity index (χ1v) is 9.26. The Bertz CT molecular complexity index is 798. The quantitative estimate of drug-likeness (QED) is 0.307. The molecule has 0 radical (unpaired) electrons. The maximum atomic E-state index is 12.9. The van der Waals surface area contributed by atoms with E-state index in [-0.39, 0.29) is 18.9 Å². The lowest BCUT2D eigenvalue weighted by Crippen LogP contribution is -2.46. The van der Waals surface area contributed by atoms with E-state index in [9.17, 15) is 19.5 Å². The Balaban J connectivity index is 2.10. The molecule has 0 aromatic heterocycles. The fourth-order valence-corrected chi connectivity index (χ4v) is 3.01. The second-order valence-corrected chi connectivity index (χ2v) is 6.70. The van der Waals surface area contributed by atoms with Crippen molar-refractivity contribution in [1.29, 1.82) is 0 Å². The first-order chi connectivity index (χ1) is 14.0. The fourth-order valence-electron chi connectivity index (χ4n) is 3.01. The lowest BCUT2D eigenvalue weighted by atomic mass is 9.96. The molecule has 0 fully saturated rings. The molecule has 0 aliphatic carbocycles. The molecule has 8 heteroatoms. The minimum absolute atomic E-state index is 0.0156. The minimum atomic E-state index is -1.01. The number of aliphatic carboxylic acids is 1. The summed E-state index contributed by atoms with van der Waals surface area (Å²) in [7, 11) is 0. The number of urea groups is 1. The summed E-state index contributed by atoms with van der Waals surface area (Å²) in [4.78, 5) is 35.5. The van der Waals surface area contributed by atoms with E-state index in [1.807, 2.05) is 60.7 Å². The van der Waals surface area contributed by atoms with Gasteiger partial charge in [-0.1, -0.05) is 60.7 Å². The average Bonchev–Trinajstić information content (AvgIpc) is 2.71. The highest BCUT2D eigenvalue weighted by atomic mass is 16.5. The van der Waals surface area contributed by atoms with Gasteiger partial charge < -0.3 is 15.7 Å². The minimum Gasteiger partial charge on any atom is -0.481 e. The molecule has 0 aliphatic rings. The first kappa shape index (κ1) is 21.9. The molecule has 3 amide bonds. The van der Waals surface area contributed by atoms with E-state index in [0.717, 1.165) is 11.1 Å². The highest BCUT2D eigenvalue weighted by Crippen LogP contribution is 2.11. The van der Waals surface area contributed by atoms with Crippen molar-refractivity contribution in [2.24, 2.45) is 5.92 Å². The normalized spacial score (nSPS) is 12.4. The van der Waals surface area contributed by atoms with Crippen molar-refractivity contribution in [2.45, 2.75) is 25.3 Å². The second-order valence-electron chi connectivity index (χ2n) is 6.70. The Morgan fingerprint density at radius 2 is 1.41 bits per heavy atom. The Labute approximate surface area is 168 Å². The first-order valence-electron chi connectivity index (χ1n) is 9.26. The molecular formula is C21H25N3O5. The topological polar surface area (TPSA) is 128 Å². The molecule has 29 heavy (non-hydrogen) atoms. The zero-order valence-corrected chi connectivity index (χ0v) is 15.9. The van der Waals surface area contributed by atoms with Gasteiger partial charge in [-0.25, -0.2) is 10.3 Å². The van der Waals surface area contributed by atoms with E-state index in [0.29, 0.717) is 12.8 Å². The highest BCUT2D eigenvalue weighted by Gasteiger charge is 2.24. The molecule has 0 heterocycles. The molecule has 2 rings (SSSR count). The molecule has 0 aliphatic heterocycles. The largest absolute Gasteiger partial charge is 0.481 e. The molecule has 0 saturated carbocycles. The summed E-state index contributed by atoms with van der Waals surface area (Å²) >= 11 is 0. The van der Waals surface area contributed by atoms with Crippen molar-refractivity contribution in [3.63, 3.8) is 0 Å². The number of hydroxylamine groups is 1. The number of rotatable bonds is 10. The van der Waals surface area contributed by atoms with Crippen LogP contribution < -0.4 is 16.1 Å². The van der Waals surface area contributed by atoms with Crippen LogP contribution in [0.25, 0.3) is 0 Å². The Morgan fingerprint density at radius 3 is 1.93 bits per heavy atom. The van der Waals surface area contributed by atoms with Gasteiger partial charge in [-0.2, -0.15) is 0 Å². The van der Waals surface area contributed by atoms with Crippen LogP contribution in [-0.4, -0.2) is 40.8 Å². The molecule has 0 saturated heterocycles. The van der Waals surface area contributed by atoms with Gasteiger partial charge in [-0.05, 0) is 24.0 Å². The number of amides is 3. The van der Waals surface area contributed by atoms with Crippen LogP contribution in [0.15, 0.2) is 60.7 Å². The summed E-state index contributed by atoms with van der Waals surface area (Å²) < 4.78 is 0. The molecule has 2 aromatic rings. The fraction of sp³-hybridized carbons (Fsp3) is 0.286. The van der Waals surface area contributed by atoms with Gasteiger partial charge in [-0.3, -0.25) is 14.8 Å². The van der Waals surface area contributed by atoms with Gasteiger partial charge in [0.25, 0.3) is 0 Å². The van der Waals surface area contributed by atoms with Crippen molar-refractivity contribution >= 4 is 17.9 Å². The van der Waals surface area contributed by atoms with Crippen LogP contribution in [0.3, 0.4) is 0 Å². The molecule has 2 atom stereocenters. The van der Waals surface area contributed by atoms with E-state index in [1.54, 1.807) is 0 Å². The van der Waals surface area contributed by atoms with Gasteiger partial charge in [0.1, 0.15) is 0 Å². The van der Waals surface area contributed by atoms with Crippen LogP contribution >= 0.6 is 0 Å². The van der Waals surface area contributed by atoms with Gasteiger partial charge in [0, 0.05) is 12.6 Å². The monoisotopic (exact) mass is 399 g/mol. The highest BCUT2D eigenvalue weighted by molar-refractivity contribution is 5.81. The van der Waals surface area contributed by atoms with E-state index >= 15 is 0 Å². The van der Waals surface area contributed by atoms with E-state index in [1.165, 1.54) is 5.48 Å². The number of carboxylic acid groups (broad SMARTS) is 1. The number of carboxylic acids is 1. The third-order valence-electron chi connectivity index (χ3n) is 4.40. The van der Waals surface area contributed by atoms with Crippen LogP contribution in [0.2, 0.25) is 0 Å². The van der Waals surface area contributed by atoms with Crippen molar-refractivity contribution in [2.75, 3.05) is 6.54 Å². The molecule has 154 valence electrons. The predicted octanol–water partition coefficient (Wildman–Crippen LogP) is 1.74. The van der Waals surface area contributed by atoms with Gasteiger partial charge in [0.15, 0.2) is 0 Å². The van der Waals surface area contributed by atoms with Gasteiger partial charge in [-0.15, -0.1) is 0 Å². The van der Waals surface area contributed by atoms with E-state index < -0.39 is 24.0 Å². The Hall–Kier alpha value is -3.39. The maximum absolute atomic E-state index is 12.9. The number of hydrogen-bond donors (Lipinski definition) is 5. The maximum Gasteiger partial charge on any atom is 0.338 e. The summed E-state index contributed by atoms with van der Waals surface area (Å²) in [5.74, 6) is -2.01. The molecule has 2 aromatic carbocycles. The zero-order chi connectivity index (χ0) is 21.1. The number of carbonyl (C=O) groups is 3. The molecular weight excluding hydrogens is 374 g/mol.